The number of imide groups is 1. The minimum atomic E-state index is -1.38. The van der Waals surface area contributed by atoms with E-state index in [1.807, 2.05) is 23.1 Å². The molecule has 5 N–H and O–H groups in total. The number of rotatable bonds is 8. The molecule has 0 radical (unpaired) electrons. The first-order valence-corrected chi connectivity index (χ1v) is 22.0. The van der Waals surface area contributed by atoms with Gasteiger partial charge in [0.25, 0.3) is 5.91 Å². The molecular weight excluding hydrogens is 844 g/mol. The highest BCUT2D eigenvalue weighted by Gasteiger charge is 2.72. The Kier molecular flexibility index (Phi) is 11.3. The number of piperidine rings is 1. The lowest BCUT2D eigenvalue weighted by molar-refractivity contribution is -0.136. The number of carbonyl (C=O) groups excluding carboxylic acids is 5. The number of amides is 5. The molecule has 5 heterocycles. The molecule has 9 rings (SSSR count). The molecule has 3 aromatic carbocycles. The lowest BCUT2D eigenvalue weighted by Gasteiger charge is -2.47. The normalized spacial score (nSPS) is 23.2. The topological polar surface area (TPSA) is 162 Å². The third-order valence-electron chi connectivity index (χ3n) is 13.4. The number of fused-ring (bicyclic) bond motifs is 4. The highest BCUT2D eigenvalue weighted by molar-refractivity contribution is 6.31. The van der Waals surface area contributed by atoms with E-state index >= 15 is 4.39 Å². The Balaban J connectivity index is 0.860. The molecule has 1 unspecified atom stereocenters. The number of carbonyl (C=O) groups is 5. The summed E-state index contributed by atoms with van der Waals surface area (Å²) >= 11 is 12.7. The molecule has 0 bridgehead atoms. The van der Waals surface area contributed by atoms with Crippen LogP contribution in [0.2, 0.25) is 10.2 Å². The first-order chi connectivity index (χ1) is 30.4. The monoisotopic (exact) mass is 887 g/mol. The van der Waals surface area contributed by atoms with Crippen molar-refractivity contribution in [2.75, 3.05) is 17.2 Å². The largest absolute Gasteiger partial charge is 0.355 e. The van der Waals surface area contributed by atoms with E-state index in [4.69, 9.17) is 23.2 Å². The van der Waals surface area contributed by atoms with Crippen molar-refractivity contribution in [2.45, 2.75) is 93.3 Å². The number of halogens is 3. The van der Waals surface area contributed by atoms with Crippen LogP contribution in [0.15, 0.2) is 79.5 Å². The fourth-order valence-corrected chi connectivity index (χ4v) is 10.9. The van der Waals surface area contributed by atoms with Crippen LogP contribution in [0.5, 0.6) is 0 Å². The zero-order valence-electron chi connectivity index (χ0n) is 34.2. The van der Waals surface area contributed by atoms with Gasteiger partial charge in [-0.05, 0) is 90.9 Å². The minimum Gasteiger partial charge on any atom is -0.355 e. The van der Waals surface area contributed by atoms with E-state index in [0.717, 1.165) is 41.6 Å². The Hall–Kier alpha value is -6.07. The van der Waals surface area contributed by atoms with Gasteiger partial charge in [0.05, 0.1) is 6.04 Å². The maximum atomic E-state index is 16.2. The molecule has 2 spiro atoms. The van der Waals surface area contributed by atoms with Crippen LogP contribution in [0, 0.1) is 17.7 Å². The fraction of sp³-hybridized carbons (Fsp3) is 0.333. The Morgan fingerprint density at radius 3 is 2.57 bits per heavy atom. The number of nitrogens with zero attached hydrogens (tertiary/aromatic N) is 2. The molecule has 5 amide bonds. The predicted molar refractivity (Wildman–Crippen MR) is 237 cm³/mol. The molecule has 4 aliphatic heterocycles. The van der Waals surface area contributed by atoms with Crippen molar-refractivity contribution in [2.24, 2.45) is 0 Å². The molecule has 1 saturated carbocycles. The number of aromatic nitrogens is 1. The van der Waals surface area contributed by atoms with Crippen LogP contribution in [0.25, 0.3) is 5.70 Å². The highest BCUT2D eigenvalue weighted by Crippen LogP contribution is 2.62. The molecule has 15 heteroatoms. The summed E-state index contributed by atoms with van der Waals surface area (Å²) in [6, 6.07) is 17.5. The zero-order valence-corrected chi connectivity index (χ0v) is 35.7. The van der Waals surface area contributed by atoms with Crippen LogP contribution in [0.4, 0.5) is 15.8 Å². The quantitative estimate of drug-likeness (QED) is 0.0549. The van der Waals surface area contributed by atoms with Crippen molar-refractivity contribution in [1.29, 1.82) is 0 Å². The third-order valence-corrected chi connectivity index (χ3v) is 13.8. The Morgan fingerprint density at radius 2 is 1.79 bits per heavy atom. The van der Waals surface area contributed by atoms with Gasteiger partial charge >= 0.3 is 0 Å². The molecule has 3 fully saturated rings. The van der Waals surface area contributed by atoms with Crippen molar-refractivity contribution < 1.29 is 28.4 Å². The summed E-state index contributed by atoms with van der Waals surface area (Å²) in [7, 11) is 0. The first kappa shape index (κ1) is 42.2. The molecule has 4 atom stereocenters. The van der Waals surface area contributed by atoms with E-state index in [9.17, 15) is 24.0 Å². The number of anilines is 2. The molecule has 1 aliphatic carbocycles. The fourth-order valence-electron chi connectivity index (χ4n) is 10.5. The van der Waals surface area contributed by atoms with Crippen LogP contribution < -0.4 is 26.6 Å². The molecule has 2 saturated heterocycles. The van der Waals surface area contributed by atoms with Gasteiger partial charge in [-0.15, -0.1) is 0 Å². The minimum absolute atomic E-state index is 0.106. The summed E-state index contributed by atoms with van der Waals surface area (Å²) in [5.41, 5.74) is 3.32. The summed E-state index contributed by atoms with van der Waals surface area (Å²) in [5, 5.41) is 15.0. The Morgan fingerprint density at radius 1 is 1.00 bits per heavy atom. The van der Waals surface area contributed by atoms with Gasteiger partial charge in [0.1, 0.15) is 11.5 Å². The van der Waals surface area contributed by atoms with Crippen LogP contribution in [0.1, 0.15) is 102 Å². The average molecular weight is 889 g/mol. The van der Waals surface area contributed by atoms with E-state index < -0.39 is 40.7 Å². The van der Waals surface area contributed by atoms with Crippen LogP contribution in [-0.4, -0.2) is 63.6 Å². The summed E-state index contributed by atoms with van der Waals surface area (Å²) < 4.78 is 16.2. The maximum absolute atomic E-state index is 16.2. The number of benzene rings is 3. The number of pyridine rings is 1. The van der Waals surface area contributed by atoms with Crippen LogP contribution in [0.3, 0.4) is 0 Å². The standard InChI is InChI=1S/C48H44Cl2FN7O5/c1-27-32-11-8-10-28(34(32)26-58(27)37-18-19-38(59)56-44(37)61)9-4-2-7-23-53-43(60)29-12-15-31(16-13-29)54-45(62)41-39(33-20-24-52-42(50)40(33)51)48(47(57-41)21-5-3-6-22-47)35-17-14-30(49)25-36(35)55-46(48)63/h8,10-17,20,24-25,37,39,41,57H,1-3,5-7,18-19,21-23,26H2,(H,53,60)(H,54,62)(H,55,63)(H,56,59,61)/t37?,39-,41+,48+/m0/s1. The Labute approximate surface area is 373 Å². The van der Waals surface area contributed by atoms with Gasteiger partial charge < -0.3 is 20.9 Å². The smallest absolute Gasteiger partial charge is 0.251 e. The maximum Gasteiger partial charge on any atom is 0.251 e. The van der Waals surface area contributed by atoms with E-state index in [2.05, 4.69) is 50.0 Å². The van der Waals surface area contributed by atoms with Crippen molar-refractivity contribution >= 4 is 69.8 Å². The van der Waals surface area contributed by atoms with Gasteiger partial charge in [-0.1, -0.05) is 79.1 Å². The summed E-state index contributed by atoms with van der Waals surface area (Å²) in [4.78, 5) is 72.4. The second-order valence-electron chi connectivity index (χ2n) is 16.8. The summed E-state index contributed by atoms with van der Waals surface area (Å²) in [6.45, 7) is 5.08. The van der Waals surface area contributed by atoms with Gasteiger partial charge in [-0.3, -0.25) is 34.6 Å². The SMILES string of the molecule is C=C1c2cccc(C#CCCCNC(=O)c3ccc(NC(=O)[C@@H]4NC5(CCCCC5)[C@@]5(C(=O)Nc6cc(Cl)ccc65)[C@H]4c4ccnc(Cl)c4F)cc3)c2CN1C1CCC(=O)NC1=O. The zero-order chi connectivity index (χ0) is 44.0. The molecule has 322 valence electrons. The van der Waals surface area contributed by atoms with Gasteiger partial charge in [-0.25, -0.2) is 9.37 Å². The summed E-state index contributed by atoms with van der Waals surface area (Å²) in [5.74, 6) is 2.98. The molecule has 4 aromatic rings. The summed E-state index contributed by atoms with van der Waals surface area (Å²) in [6.07, 6.45) is 6.99. The van der Waals surface area contributed by atoms with E-state index in [1.165, 1.54) is 12.3 Å². The van der Waals surface area contributed by atoms with Crippen LogP contribution in [-0.2, 0) is 31.1 Å². The van der Waals surface area contributed by atoms with E-state index in [0.29, 0.717) is 72.7 Å². The lowest BCUT2D eigenvalue weighted by atomic mass is 9.55. The lowest BCUT2D eigenvalue weighted by Crippen LogP contribution is -2.60. The van der Waals surface area contributed by atoms with Crippen molar-refractivity contribution in [3.8, 4) is 11.8 Å². The van der Waals surface area contributed by atoms with Gasteiger partial charge in [0.15, 0.2) is 11.0 Å². The van der Waals surface area contributed by atoms with Crippen molar-refractivity contribution in [3.05, 3.63) is 129 Å². The molecule has 63 heavy (non-hydrogen) atoms. The molecule has 12 nitrogen and oxygen atoms in total. The van der Waals surface area contributed by atoms with Crippen LogP contribution >= 0.6 is 23.2 Å². The third kappa shape index (κ3) is 7.33. The highest BCUT2D eigenvalue weighted by atomic mass is 35.5. The second-order valence-corrected chi connectivity index (χ2v) is 17.6. The average Bonchev–Trinajstić information content (AvgIpc) is 3.87. The van der Waals surface area contributed by atoms with Gasteiger partial charge in [0.2, 0.25) is 23.6 Å². The molecule has 5 aliphatic rings. The molecule has 1 aromatic heterocycles. The van der Waals surface area contributed by atoms with Gasteiger partial charge in [-0.2, -0.15) is 0 Å². The Bertz CT molecular complexity index is 2660. The molecular formula is C48H44Cl2FN7O5. The van der Waals surface area contributed by atoms with Gasteiger partial charge in [0, 0.05) is 82.4 Å². The number of hydrogen-bond donors (Lipinski definition) is 5. The number of unbranched alkanes of at least 4 members (excludes halogenated alkanes) is 1. The number of nitrogens with one attached hydrogen (secondary N) is 5. The van der Waals surface area contributed by atoms with Crippen molar-refractivity contribution in [1.82, 2.24) is 25.8 Å². The first-order valence-electron chi connectivity index (χ1n) is 21.2. The predicted octanol–water partition coefficient (Wildman–Crippen LogP) is 6.97. The number of hydrogen-bond acceptors (Lipinski definition) is 8. The van der Waals surface area contributed by atoms with E-state index in [1.54, 1.807) is 42.5 Å². The van der Waals surface area contributed by atoms with Crippen molar-refractivity contribution in [3.63, 3.8) is 0 Å². The van der Waals surface area contributed by atoms with E-state index in [-0.39, 0.29) is 40.8 Å². The second kappa shape index (κ2) is 16.9.